The molecule has 0 aromatic carbocycles. The van der Waals surface area contributed by atoms with E-state index in [0.717, 1.165) is 31.8 Å². The van der Waals surface area contributed by atoms with Crippen LogP contribution in [0.4, 0.5) is 0 Å². The summed E-state index contributed by atoms with van der Waals surface area (Å²) in [5.41, 5.74) is 6.22. The minimum Gasteiger partial charge on any atom is -0.352 e. The average molecular weight is 279 g/mol. The lowest BCUT2D eigenvalue weighted by Gasteiger charge is -2.20. The molecule has 4 heteroatoms. The van der Waals surface area contributed by atoms with Crippen molar-refractivity contribution in [2.75, 3.05) is 19.6 Å². The molecule has 114 valence electrons. The summed E-state index contributed by atoms with van der Waals surface area (Å²) in [5.74, 6) is 1.70. The minimum absolute atomic E-state index is 0.209. The van der Waals surface area contributed by atoms with Crippen molar-refractivity contribution in [1.29, 1.82) is 0 Å². The molecule has 2 aliphatic carbocycles. The van der Waals surface area contributed by atoms with Crippen LogP contribution < -0.4 is 11.1 Å². The Kier molecular flexibility index (Phi) is 4.61. The molecule has 4 nitrogen and oxygen atoms in total. The van der Waals surface area contributed by atoms with E-state index in [1.54, 1.807) is 0 Å². The number of hydrogen-bond acceptors (Lipinski definition) is 3. The standard InChI is InChI=1S/C16H29N3O/c17-15-10-19(9-14(15)12-7-8-12)11-16(20)18-13-5-3-1-2-4-6-13/h12-15H,1-11,17H2,(H,18,20)/t14-,15+/m0/s1. The fourth-order valence-electron chi connectivity index (χ4n) is 3.99. The predicted molar refractivity (Wildman–Crippen MR) is 80.3 cm³/mol. The van der Waals surface area contributed by atoms with Gasteiger partial charge in [-0.2, -0.15) is 0 Å². The smallest absolute Gasteiger partial charge is 0.234 e. The summed E-state index contributed by atoms with van der Waals surface area (Å²) in [6.07, 6.45) is 10.2. The first-order valence-electron chi connectivity index (χ1n) is 8.49. The van der Waals surface area contributed by atoms with E-state index in [0.29, 0.717) is 18.5 Å². The van der Waals surface area contributed by atoms with E-state index in [1.165, 1.54) is 38.5 Å². The Balaban J connectivity index is 1.42. The van der Waals surface area contributed by atoms with Gasteiger partial charge in [0.2, 0.25) is 5.91 Å². The zero-order valence-electron chi connectivity index (χ0n) is 12.5. The molecule has 0 spiro atoms. The van der Waals surface area contributed by atoms with E-state index < -0.39 is 0 Å². The highest BCUT2D eigenvalue weighted by molar-refractivity contribution is 5.78. The van der Waals surface area contributed by atoms with Gasteiger partial charge in [0.15, 0.2) is 0 Å². The third-order valence-electron chi connectivity index (χ3n) is 5.30. The van der Waals surface area contributed by atoms with Crippen molar-refractivity contribution in [3.8, 4) is 0 Å². The van der Waals surface area contributed by atoms with Gasteiger partial charge in [-0.3, -0.25) is 9.69 Å². The van der Waals surface area contributed by atoms with E-state index >= 15 is 0 Å². The zero-order valence-corrected chi connectivity index (χ0v) is 12.5. The van der Waals surface area contributed by atoms with Crippen molar-refractivity contribution in [2.24, 2.45) is 17.6 Å². The number of carbonyl (C=O) groups is 1. The molecule has 2 atom stereocenters. The second kappa shape index (κ2) is 6.44. The Labute approximate surface area is 122 Å². The monoisotopic (exact) mass is 279 g/mol. The number of carbonyl (C=O) groups excluding carboxylic acids is 1. The maximum atomic E-state index is 12.2. The van der Waals surface area contributed by atoms with Gasteiger partial charge in [0.25, 0.3) is 0 Å². The van der Waals surface area contributed by atoms with Gasteiger partial charge in [-0.25, -0.2) is 0 Å². The summed E-state index contributed by atoms with van der Waals surface area (Å²) >= 11 is 0. The largest absolute Gasteiger partial charge is 0.352 e. The Morgan fingerprint density at radius 2 is 1.75 bits per heavy atom. The van der Waals surface area contributed by atoms with Gasteiger partial charge in [-0.1, -0.05) is 25.7 Å². The van der Waals surface area contributed by atoms with E-state index in [-0.39, 0.29) is 11.9 Å². The van der Waals surface area contributed by atoms with Crippen LogP contribution in [-0.2, 0) is 4.79 Å². The molecule has 3 aliphatic rings. The highest BCUT2D eigenvalue weighted by Gasteiger charge is 2.41. The number of hydrogen-bond donors (Lipinski definition) is 2. The van der Waals surface area contributed by atoms with Gasteiger partial charge in [0.05, 0.1) is 6.54 Å². The molecule has 3 fully saturated rings. The second-order valence-electron chi connectivity index (χ2n) is 7.12. The molecule has 0 aromatic heterocycles. The molecule has 0 radical (unpaired) electrons. The highest BCUT2D eigenvalue weighted by atomic mass is 16.2. The van der Waals surface area contributed by atoms with Gasteiger partial charge in [0.1, 0.15) is 0 Å². The van der Waals surface area contributed by atoms with Crippen molar-refractivity contribution in [3.05, 3.63) is 0 Å². The van der Waals surface area contributed by atoms with Crippen LogP contribution in [0.5, 0.6) is 0 Å². The number of nitrogens with zero attached hydrogens (tertiary/aromatic N) is 1. The first-order valence-corrected chi connectivity index (χ1v) is 8.49. The maximum Gasteiger partial charge on any atom is 0.234 e. The van der Waals surface area contributed by atoms with Crippen molar-refractivity contribution in [2.45, 2.75) is 63.5 Å². The lowest BCUT2D eigenvalue weighted by molar-refractivity contribution is -0.122. The SMILES string of the molecule is N[C@@H]1CN(CC(=O)NC2CCCCCC2)C[C@H]1C1CC1. The van der Waals surface area contributed by atoms with Crippen molar-refractivity contribution in [3.63, 3.8) is 0 Å². The number of likely N-dealkylation sites (tertiary alicyclic amines) is 1. The molecule has 0 unspecified atom stereocenters. The summed E-state index contributed by atoms with van der Waals surface area (Å²) in [5, 5.41) is 3.24. The zero-order chi connectivity index (χ0) is 13.9. The van der Waals surface area contributed by atoms with Crippen LogP contribution >= 0.6 is 0 Å². The lowest BCUT2D eigenvalue weighted by atomic mass is 9.99. The summed E-state index contributed by atoms with van der Waals surface area (Å²) < 4.78 is 0. The normalized spacial score (nSPS) is 33.0. The Morgan fingerprint density at radius 1 is 1.05 bits per heavy atom. The minimum atomic E-state index is 0.209. The van der Waals surface area contributed by atoms with Crippen LogP contribution in [0, 0.1) is 11.8 Å². The van der Waals surface area contributed by atoms with E-state index in [1.807, 2.05) is 0 Å². The molecule has 0 aromatic rings. The van der Waals surface area contributed by atoms with Crippen molar-refractivity contribution in [1.82, 2.24) is 10.2 Å². The maximum absolute atomic E-state index is 12.2. The fraction of sp³-hybridized carbons (Fsp3) is 0.938. The summed E-state index contributed by atoms with van der Waals surface area (Å²) in [6.45, 7) is 2.48. The molecular weight excluding hydrogens is 250 g/mol. The van der Waals surface area contributed by atoms with Crippen molar-refractivity contribution >= 4 is 5.91 Å². The number of amides is 1. The Bertz CT molecular complexity index is 335. The van der Waals surface area contributed by atoms with Crippen LogP contribution in [0.1, 0.15) is 51.4 Å². The van der Waals surface area contributed by atoms with Gasteiger partial charge in [-0.05, 0) is 37.5 Å². The average Bonchev–Trinajstić information content (AvgIpc) is 3.19. The van der Waals surface area contributed by atoms with E-state index in [2.05, 4.69) is 10.2 Å². The summed E-state index contributed by atoms with van der Waals surface area (Å²) in [7, 11) is 0. The molecule has 1 saturated heterocycles. The highest BCUT2D eigenvalue weighted by Crippen LogP contribution is 2.40. The number of nitrogens with two attached hydrogens (primary N) is 1. The first-order chi connectivity index (χ1) is 9.72. The van der Waals surface area contributed by atoms with Crippen LogP contribution in [0.3, 0.4) is 0 Å². The van der Waals surface area contributed by atoms with E-state index in [9.17, 15) is 4.79 Å². The molecule has 0 bridgehead atoms. The third kappa shape index (κ3) is 3.73. The van der Waals surface area contributed by atoms with Gasteiger partial charge in [-0.15, -0.1) is 0 Å². The lowest BCUT2D eigenvalue weighted by Crippen LogP contribution is -2.41. The molecule has 1 aliphatic heterocycles. The van der Waals surface area contributed by atoms with E-state index in [4.69, 9.17) is 5.73 Å². The Hall–Kier alpha value is -0.610. The summed E-state index contributed by atoms with van der Waals surface area (Å²) in [4.78, 5) is 14.4. The Morgan fingerprint density at radius 3 is 2.40 bits per heavy atom. The van der Waals surface area contributed by atoms with Crippen LogP contribution in [0.15, 0.2) is 0 Å². The molecule has 1 heterocycles. The molecular formula is C16H29N3O. The predicted octanol–water partition coefficient (Wildman–Crippen LogP) is 1.49. The molecule has 1 amide bonds. The molecule has 3 rings (SSSR count). The molecule has 2 saturated carbocycles. The molecule has 3 N–H and O–H groups in total. The molecule has 20 heavy (non-hydrogen) atoms. The van der Waals surface area contributed by atoms with Crippen LogP contribution in [0.2, 0.25) is 0 Å². The summed E-state index contributed by atoms with van der Waals surface area (Å²) in [6, 6.07) is 0.702. The van der Waals surface area contributed by atoms with Crippen LogP contribution in [-0.4, -0.2) is 42.5 Å². The van der Waals surface area contributed by atoms with Crippen LogP contribution in [0.25, 0.3) is 0 Å². The van der Waals surface area contributed by atoms with Gasteiger partial charge >= 0.3 is 0 Å². The third-order valence-corrected chi connectivity index (χ3v) is 5.30. The quantitative estimate of drug-likeness (QED) is 0.767. The van der Waals surface area contributed by atoms with Crippen molar-refractivity contribution < 1.29 is 4.79 Å². The second-order valence-corrected chi connectivity index (χ2v) is 7.12. The fourth-order valence-corrected chi connectivity index (χ4v) is 3.99. The number of rotatable bonds is 4. The topological polar surface area (TPSA) is 58.4 Å². The van der Waals surface area contributed by atoms with Gasteiger partial charge < -0.3 is 11.1 Å². The van der Waals surface area contributed by atoms with Gasteiger partial charge in [0, 0.05) is 25.2 Å². The first kappa shape index (κ1) is 14.3. The number of nitrogens with one attached hydrogen (secondary N) is 1.